The molecule has 0 aliphatic carbocycles. The van der Waals surface area contributed by atoms with E-state index in [0.29, 0.717) is 0 Å². The van der Waals surface area contributed by atoms with E-state index in [1.54, 1.807) is 34.6 Å². The van der Waals surface area contributed by atoms with Gasteiger partial charge >= 0.3 is 12.1 Å². The van der Waals surface area contributed by atoms with Crippen molar-refractivity contribution in [1.29, 1.82) is 0 Å². The molecule has 0 rings (SSSR count). The fourth-order valence-electron chi connectivity index (χ4n) is 1.15. The highest BCUT2D eigenvalue weighted by Gasteiger charge is 2.37. The lowest BCUT2D eigenvalue weighted by Crippen LogP contribution is -2.46. The zero-order valence-electron chi connectivity index (χ0n) is 11.9. The molecular weight excluding hydrogens is 238 g/mol. The predicted molar refractivity (Wildman–Crippen MR) is 66.0 cm³/mol. The standard InChI is InChI=1S/C12H23NO5/c1-11(2,3)18-10(16)13-7-8(14)12(4,5)9(15)17-6/h8,14H,7H2,1-6H3,(H,13,16). The quantitative estimate of drug-likeness (QED) is 0.739. The Bertz CT molecular complexity index is 306. The summed E-state index contributed by atoms with van der Waals surface area (Å²) in [5, 5.41) is 12.3. The molecule has 0 heterocycles. The van der Waals surface area contributed by atoms with Crippen molar-refractivity contribution < 1.29 is 24.2 Å². The fraction of sp³-hybridized carbons (Fsp3) is 0.833. The van der Waals surface area contributed by atoms with Crippen LogP contribution in [0.15, 0.2) is 0 Å². The summed E-state index contributed by atoms with van der Waals surface area (Å²) >= 11 is 0. The summed E-state index contributed by atoms with van der Waals surface area (Å²) in [6, 6.07) is 0. The van der Waals surface area contributed by atoms with Gasteiger partial charge in [-0.15, -0.1) is 0 Å². The second-order valence-corrected chi connectivity index (χ2v) is 5.61. The van der Waals surface area contributed by atoms with E-state index in [-0.39, 0.29) is 6.54 Å². The lowest BCUT2D eigenvalue weighted by atomic mass is 9.86. The number of ether oxygens (including phenoxy) is 2. The van der Waals surface area contributed by atoms with Crippen LogP contribution in [0.3, 0.4) is 0 Å². The highest BCUT2D eigenvalue weighted by atomic mass is 16.6. The first-order valence-electron chi connectivity index (χ1n) is 5.74. The van der Waals surface area contributed by atoms with Crippen molar-refractivity contribution in [3.05, 3.63) is 0 Å². The molecule has 1 atom stereocenters. The molecule has 1 unspecified atom stereocenters. The highest BCUT2D eigenvalue weighted by Crippen LogP contribution is 2.22. The van der Waals surface area contributed by atoms with Crippen molar-refractivity contribution in [2.24, 2.45) is 5.41 Å². The number of methoxy groups -OCH3 is 1. The molecule has 0 saturated heterocycles. The van der Waals surface area contributed by atoms with E-state index in [9.17, 15) is 14.7 Å². The van der Waals surface area contributed by atoms with E-state index in [2.05, 4.69) is 10.1 Å². The van der Waals surface area contributed by atoms with Crippen LogP contribution in [0.25, 0.3) is 0 Å². The molecule has 0 saturated carbocycles. The van der Waals surface area contributed by atoms with E-state index in [4.69, 9.17) is 4.74 Å². The number of carbonyl (C=O) groups excluding carboxylic acids is 2. The van der Waals surface area contributed by atoms with Crippen LogP contribution in [-0.4, -0.2) is 42.5 Å². The molecule has 0 bridgehead atoms. The molecule has 0 aliphatic heterocycles. The number of hydrogen-bond donors (Lipinski definition) is 2. The molecule has 0 fully saturated rings. The van der Waals surface area contributed by atoms with Crippen LogP contribution in [-0.2, 0) is 14.3 Å². The summed E-state index contributed by atoms with van der Waals surface area (Å²) in [7, 11) is 1.25. The number of amides is 1. The first-order valence-corrected chi connectivity index (χ1v) is 5.74. The maximum atomic E-state index is 11.4. The van der Waals surface area contributed by atoms with Crippen LogP contribution in [0.1, 0.15) is 34.6 Å². The fourth-order valence-corrected chi connectivity index (χ4v) is 1.15. The molecule has 6 heteroatoms. The Hall–Kier alpha value is -1.30. The second kappa shape index (κ2) is 6.04. The zero-order chi connectivity index (χ0) is 14.6. The zero-order valence-corrected chi connectivity index (χ0v) is 11.9. The van der Waals surface area contributed by atoms with Gasteiger partial charge in [0.15, 0.2) is 0 Å². The largest absolute Gasteiger partial charge is 0.469 e. The summed E-state index contributed by atoms with van der Waals surface area (Å²) < 4.78 is 9.59. The average molecular weight is 261 g/mol. The molecule has 0 spiro atoms. The molecule has 18 heavy (non-hydrogen) atoms. The summed E-state index contributed by atoms with van der Waals surface area (Å²) in [5.41, 5.74) is -1.70. The summed E-state index contributed by atoms with van der Waals surface area (Å²) in [5.74, 6) is -0.541. The van der Waals surface area contributed by atoms with Crippen LogP contribution in [0, 0.1) is 5.41 Å². The third kappa shape index (κ3) is 5.35. The summed E-state index contributed by atoms with van der Waals surface area (Å²) in [4.78, 5) is 22.8. The number of esters is 1. The van der Waals surface area contributed by atoms with Crippen LogP contribution >= 0.6 is 0 Å². The maximum Gasteiger partial charge on any atom is 0.407 e. The van der Waals surface area contributed by atoms with Crippen LogP contribution in [0.5, 0.6) is 0 Å². The average Bonchev–Trinajstić information content (AvgIpc) is 2.21. The van der Waals surface area contributed by atoms with Gasteiger partial charge in [0, 0.05) is 6.54 Å². The topological polar surface area (TPSA) is 84.9 Å². The minimum atomic E-state index is -1.09. The van der Waals surface area contributed by atoms with Gasteiger partial charge < -0.3 is 19.9 Å². The number of rotatable bonds is 4. The van der Waals surface area contributed by atoms with Gasteiger partial charge in [0.25, 0.3) is 0 Å². The van der Waals surface area contributed by atoms with Crippen LogP contribution < -0.4 is 5.32 Å². The van der Waals surface area contributed by atoms with Crippen molar-refractivity contribution in [2.75, 3.05) is 13.7 Å². The number of alkyl carbamates (subject to hydrolysis) is 1. The van der Waals surface area contributed by atoms with Crippen molar-refractivity contribution in [3.63, 3.8) is 0 Å². The third-order valence-electron chi connectivity index (χ3n) is 2.38. The molecule has 6 nitrogen and oxygen atoms in total. The van der Waals surface area contributed by atoms with E-state index in [1.165, 1.54) is 7.11 Å². The Balaban J connectivity index is 4.30. The maximum absolute atomic E-state index is 11.4. The predicted octanol–water partition coefficient (Wildman–Crippen LogP) is 1.07. The Labute approximate surface area is 108 Å². The molecule has 2 N–H and O–H groups in total. The number of hydrogen-bond acceptors (Lipinski definition) is 5. The summed E-state index contributed by atoms with van der Waals surface area (Å²) in [6.45, 7) is 8.21. The normalized spacial score (nSPS) is 13.7. The van der Waals surface area contributed by atoms with Gasteiger partial charge in [-0.1, -0.05) is 0 Å². The first kappa shape index (κ1) is 16.7. The van der Waals surface area contributed by atoms with Crippen molar-refractivity contribution in [3.8, 4) is 0 Å². The number of carbonyl (C=O) groups is 2. The Morgan fingerprint density at radius 3 is 2.11 bits per heavy atom. The van der Waals surface area contributed by atoms with Gasteiger partial charge in [0.2, 0.25) is 0 Å². The molecule has 0 aliphatic rings. The number of aliphatic hydroxyl groups is 1. The van der Waals surface area contributed by atoms with E-state index in [1.807, 2.05) is 0 Å². The minimum Gasteiger partial charge on any atom is -0.469 e. The smallest absolute Gasteiger partial charge is 0.407 e. The summed E-state index contributed by atoms with van der Waals surface area (Å²) in [6.07, 6.45) is -1.69. The number of aliphatic hydroxyl groups excluding tert-OH is 1. The molecule has 0 radical (unpaired) electrons. The Kier molecular flexibility index (Phi) is 5.60. The SMILES string of the molecule is COC(=O)C(C)(C)C(O)CNC(=O)OC(C)(C)C. The molecule has 1 amide bonds. The van der Waals surface area contributed by atoms with Gasteiger partial charge in [-0.2, -0.15) is 0 Å². The number of nitrogens with one attached hydrogen (secondary N) is 1. The van der Waals surface area contributed by atoms with Crippen molar-refractivity contribution in [1.82, 2.24) is 5.32 Å². The minimum absolute atomic E-state index is 0.0863. The molecule has 0 aromatic carbocycles. The highest BCUT2D eigenvalue weighted by molar-refractivity contribution is 5.76. The van der Waals surface area contributed by atoms with Gasteiger partial charge in [-0.05, 0) is 34.6 Å². The lowest BCUT2D eigenvalue weighted by molar-refractivity contribution is -0.157. The van der Waals surface area contributed by atoms with Gasteiger partial charge in [0.05, 0.1) is 18.6 Å². The van der Waals surface area contributed by atoms with Gasteiger partial charge in [-0.3, -0.25) is 4.79 Å². The second-order valence-electron chi connectivity index (χ2n) is 5.61. The van der Waals surface area contributed by atoms with Gasteiger partial charge in [0.1, 0.15) is 5.60 Å². The van der Waals surface area contributed by atoms with Crippen molar-refractivity contribution >= 4 is 12.1 Å². The van der Waals surface area contributed by atoms with E-state index < -0.39 is 29.2 Å². The molecule has 0 aromatic heterocycles. The molecule has 0 aromatic rings. The Morgan fingerprint density at radius 2 is 1.72 bits per heavy atom. The molecular formula is C12H23NO5. The van der Waals surface area contributed by atoms with E-state index >= 15 is 0 Å². The first-order chi connectivity index (χ1) is 8.00. The van der Waals surface area contributed by atoms with E-state index in [0.717, 1.165) is 0 Å². The van der Waals surface area contributed by atoms with Crippen LogP contribution in [0.4, 0.5) is 4.79 Å². The van der Waals surface area contributed by atoms with Crippen LogP contribution in [0.2, 0.25) is 0 Å². The van der Waals surface area contributed by atoms with Gasteiger partial charge in [-0.25, -0.2) is 4.79 Å². The Morgan fingerprint density at radius 1 is 1.22 bits per heavy atom. The lowest BCUT2D eigenvalue weighted by Gasteiger charge is -2.28. The molecule has 106 valence electrons. The monoisotopic (exact) mass is 261 g/mol. The van der Waals surface area contributed by atoms with Crippen molar-refractivity contribution in [2.45, 2.75) is 46.3 Å². The third-order valence-corrected chi connectivity index (χ3v) is 2.38.